The highest BCUT2D eigenvalue weighted by atomic mass is 16.6. The molecule has 0 aliphatic carbocycles. The summed E-state index contributed by atoms with van der Waals surface area (Å²) in [5, 5.41) is 11.2. The Hall–Kier alpha value is -3.03. The zero-order valence-corrected chi connectivity index (χ0v) is 17.8. The maximum Gasteiger partial charge on any atom is 0.336 e. The Morgan fingerprint density at radius 3 is 2.77 bits per heavy atom. The van der Waals surface area contributed by atoms with E-state index in [9.17, 15) is 14.9 Å². The topological polar surface area (TPSA) is 103 Å². The van der Waals surface area contributed by atoms with E-state index in [1.165, 1.54) is 12.1 Å². The second kappa shape index (κ2) is 8.77. The van der Waals surface area contributed by atoms with Crippen LogP contribution >= 0.6 is 0 Å². The van der Waals surface area contributed by atoms with Crippen molar-refractivity contribution in [2.24, 2.45) is 9.98 Å². The van der Waals surface area contributed by atoms with Gasteiger partial charge in [0.1, 0.15) is 6.61 Å². The molecule has 2 aliphatic heterocycles. The van der Waals surface area contributed by atoms with Gasteiger partial charge in [-0.3, -0.25) is 15.1 Å². The van der Waals surface area contributed by atoms with Gasteiger partial charge in [-0.15, -0.1) is 0 Å². The molecule has 2 heterocycles. The number of aliphatic imine (C=N–C) groups is 2. The van der Waals surface area contributed by atoms with E-state index in [-0.39, 0.29) is 23.8 Å². The number of nitro groups is 1. The molecule has 8 heteroatoms. The minimum absolute atomic E-state index is 0.00614. The summed E-state index contributed by atoms with van der Waals surface area (Å²) in [6, 6.07) is 6.41. The highest BCUT2D eigenvalue weighted by molar-refractivity contribution is 5.98. The van der Waals surface area contributed by atoms with Gasteiger partial charge in [0.25, 0.3) is 5.69 Å². The fourth-order valence-electron chi connectivity index (χ4n) is 3.77. The second-order valence-electron chi connectivity index (χ2n) is 8.11. The number of carbonyl (C=O) groups excluding carboxylic acids is 1. The number of rotatable bonds is 7. The molecule has 8 nitrogen and oxygen atoms in total. The lowest BCUT2D eigenvalue weighted by Crippen LogP contribution is -2.23. The van der Waals surface area contributed by atoms with Gasteiger partial charge in [0.2, 0.25) is 0 Å². The average Bonchev–Trinajstić information content (AvgIpc) is 3.05. The van der Waals surface area contributed by atoms with E-state index in [0.717, 1.165) is 5.71 Å². The summed E-state index contributed by atoms with van der Waals surface area (Å²) in [4.78, 5) is 32.7. The Labute approximate surface area is 175 Å². The predicted octanol–water partition coefficient (Wildman–Crippen LogP) is 4.35. The summed E-state index contributed by atoms with van der Waals surface area (Å²) in [6.45, 7) is 8.39. The Bertz CT molecular complexity index is 946. The standard InChI is InChI=1S/C22H27N3O5/c1-5-29-21(26)20-14(2)23-16(9-10-19-24-22(3,4)13-30-19)12-18(20)15-7-6-8-17(11-15)25(27)28/h6-8,11,18H,5,9-10,12-13H2,1-4H3. The molecule has 1 aromatic rings. The molecule has 30 heavy (non-hydrogen) atoms. The molecular formula is C22H27N3O5. The van der Waals surface area contributed by atoms with Crippen LogP contribution in [0.15, 0.2) is 45.5 Å². The first-order chi connectivity index (χ1) is 14.2. The first-order valence-electron chi connectivity index (χ1n) is 10.1. The largest absolute Gasteiger partial charge is 0.478 e. The molecule has 0 spiro atoms. The number of carbonyl (C=O) groups is 1. The molecule has 0 saturated heterocycles. The van der Waals surface area contributed by atoms with Gasteiger partial charge in [-0.25, -0.2) is 9.79 Å². The van der Waals surface area contributed by atoms with Crippen LogP contribution in [0.25, 0.3) is 0 Å². The molecule has 1 unspecified atom stereocenters. The van der Waals surface area contributed by atoms with Crippen molar-refractivity contribution >= 4 is 23.3 Å². The lowest BCUT2D eigenvalue weighted by molar-refractivity contribution is -0.384. The Morgan fingerprint density at radius 2 is 2.13 bits per heavy atom. The van der Waals surface area contributed by atoms with Crippen LogP contribution in [0.3, 0.4) is 0 Å². The Morgan fingerprint density at radius 1 is 1.37 bits per heavy atom. The van der Waals surface area contributed by atoms with Gasteiger partial charge in [0, 0.05) is 35.9 Å². The molecular weight excluding hydrogens is 386 g/mol. The first-order valence-corrected chi connectivity index (χ1v) is 10.1. The van der Waals surface area contributed by atoms with Crippen LogP contribution in [-0.2, 0) is 14.3 Å². The number of nitro benzene ring substituents is 1. The number of allylic oxidation sites excluding steroid dienone is 1. The molecule has 0 aromatic heterocycles. The smallest absolute Gasteiger partial charge is 0.336 e. The summed E-state index contributed by atoms with van der Waals surface area (Å²) >= 11 is 0. The average molecular weight is 413 g/mol. The molecule has 1 atom stereocenters. The van der Waals surface area contributed by atoms with Gasteiger partial charge in [0.15, 0.2) is 5.90 Å². The Balaban J connectivity index is 1.89. The number of non-ortho nitro benzene ring substituents is 1. The van der Waals surface area contributed by atoms with E-state index in [1.807, 2.05) is 13.8 Å². The Kier molecular flexibility index (Phi) is 6.34. The summed E-state index contributed by atoms with van der Waals surface area (Å²) in [7, 11) is 0. The van der Waals surface area contributed by atoms with Crippen molar-refractivity contribution in [1.29, 1.82) is 0 Å². The molecule has 0 radical (unpaired) electrons. The summed E-state index contributed by atoms with van der Waals surface area (Å²) in [5.74, 6) is -0.0636. The van der Waals surface area contributed by atoms with E-state index >= 15 is 0 Å². The number of benzene rings is 1. The van der Waals surface area contributed by atoms with Crippen molar-refractivity contribution in [3.05, 3.63) is 51.2 Å². The van der Waals surface area contributed by atoms with Gasteiger partial charge in [0.05, 0.1) is 22.6 Å². The summed E-state index contributed by atoms with van der Waals surface area (Å²) < 4.78 is 10.9. The van der Waals surface area contributed by atoms with Gasteiger partial charge in [-0.2, -0.15) is 0 Å². The van der Waals surface area contributed by atoms with Gasteiger partial charge in [-0.05, 0) is 46.1 Å². The van der Waals surface area contributed by atoms with Crippen molar-refractivity contribution < 1.29 is 19.2 Å². The van der Waals surface area contributed by atoms with Crippen LogP contribution in [0.4, 0.5) is 5.69 Å². The predicted molar refractivity (Wildman–Crippen MR) is 114 cm³/mol. The minimum Gasteiger partial charge on any atom is -0.478 e. The van der Waals surface area contributed by atoms with Crippen LogP contribution in [0.5, 0.6) is 0 Å². The molecule has 0 N–H and O–H groups in total. The molecule has 0 saturated carbocycles. The van der Waals surface area contributed by atoms with Crippen LogP contribution in [-0.4, -0.2) is 41.3 Å². The normalized spacial score (nSPS) is 20.3. The number of hydrogen-bond donors (Lipinski definition) is 0. The fourth-order valence-corrected chi connectivity index (χ4v) is 3.77. The number of nitrogens with zero attached hydrogens (tertiary/aromatic N) is 3. The first kappa shape index (κ1) is 21.7. The van der Waals surface area contributed by atoms with Crippen LogP contribution in [0.2, 0.25) is 0 Å². The highest BCUT2D eigenvalue weighted by Gasteiger charge is 2.32. The quantitative estimate of drug-likeness (QED) is 0.376. The van der Waals surface area contributed by atoms with Gasteiger partial charge in [-0.1, -0.05) is 12.1 Å². The van der Waals surface area contributed by atoms with Gasteiger partial charge >= 0.3 is 5.97 Å². The van der Waals surface area contributed by atoms with Crippen LogP contribution in [0.1, 0.15) is 58.4 Å². The molecule has 160 valence electrons. The molecule has 0 bridgehead atoms. The van der Waals surface area contributed by atoms with E-state index in [4.69, 9.17) is 9.47 Å². The van der Waals surface area contributed by atoms with Crippen molar-refractivity contribution in [3.8, 4) is 0 Å². The number of ether oxygens (including phenoxy) is 2. The maximum absolute atomic E-state index is 12.6. The lowest BCUT2D eigenvalue weighted by atomic mass is 9.82. The zero-order valence-electron chi connectivity index (χ0n) is 17.8. The van der Waals surface area contributed by atoms with Crippen molar-refractivity contribution in [2.45, 2.75) is 58.4 Å². The van der Waals surface area contributed by atoms with E-state index in [1.54, 1.807) is 26.0 Å². The van der Waals surface area contributed by atoms with Gasteiger partial charge < -0.3 is 9.47 Å². The SMILES string of the molecule is CCOC(=O)C1=C(C)N=C(CCC2=NC(C)(C)CO2)CC1c1cccc([N+](=O)[O-])c1. The summed E-state index contributed by atoms with van der Waals surface area (Å²) in [6.07, 6.45) is 1.77. The zero-order chi connectivity index (χ0) is 21.9. The monoisotopic (exact) mass is 413 g/mol. The fraction of sp³-hybridized carbons (Fsp3) is 0.500. The lowest BCUT2D eigenvalue weighted by Gasteiger charge is -2.26. The molecule has 0 fully saturated rings. The molecule has 3 rings (SSSR count). The molecule has 0 amide bonds. The van der Waals surface area contributed by atoms with Crippen molar-refractivity contribution in [3.63, 3.8) is 0 Å². The third-order valence-corrected chi connectivity index (χ3v) is 5.13. The van der Waals surface area contributed by atoms with E-state index in [0.29, 0.717) is 48.6 Å². The number of hydrogen-bond acceptors (Lipinski definition) is 7. The molecule has 2 aliphatic rings. The third-order valence-electron chi connectivity index (χ3n) is 5.13. The minimum atomic E-state index is -0.431. The second-order valence-corrected chi connectivity index (χ2v) is 8.11. The maximum atomic E-state index is 12.6. The van der Waals surface area contributed by atoms with Crippen LogP contribution in [0, 0.1) is 10.1 Å². The van der Waals surface area contributed by atoms with Crippen LogP contribution < -0.4 is 0 Å². The van der Waals surface area contributed by atoms with E-state index < -0.39 is 10.9 Å². The summed E-state index contributed by atoms with van der Waals surface area (Å²) in [5.41, 5.74) is 2.44. The highest BCUT2D eigenvalue weighted by Crippen LogP contribution is 2.37. The van der Waals surface area contributed by atoms with E-state index in [2.05, 4.69) is 9.98 Å². The molecule has 1 aromatic carbocycles. The third kappa shape index (κ3) is 4.93. The van der Waals surface area contributed by atoms with Crippen molar-refractivity contribution in [2.75, 3.05) is 13.2 Å². The number of esters is 1. The van der Waals surface area contributed by atoms with Crippen molar-refractivity contribution in [1.82, 2.24) is 0 Å².